The Hall–Kier alpha value is -2.85. The Morgan fingerprint density at radius 3 is 2.07 bits per heavy atom. The number of nitrogens with one attached hydrogen (secondary N) is 5. The Balaban J connectivity index is 5.24. The topological polar surface area (TPSA) is 192 Å². The van der Waals surface area contributed by atoms with E-state index in [4.69, 9.17) is 16.9 Å². The summed E-state index contributed by atoms with van der Waals surface area (Å²) in [6, 6.07) is -1.85. The Morgan fingerprint density at radius 1 is 1.07 bits per heavy atom. The van der Waals surface area contributed by atoms with Gasteiger partial charge < -0.3 is 32.7 Å². The third-order valence-corrected chi connectivity index (χ3v) is 3.93. The van der Waals surface area contributed by atoms with E-state index in [1.807, 2.05) is 0 Å². The van der Waals surface area contributed by atoms with E-state index in [2.05, 4.69) is 21.3 Å². The van der Waals surface area contributed by atoms with E-state index in [1.54, 1.807) is 13.8 Å². The molecule has 11 heteroatoms. The summed E-state index contributed by atoms with van der Waals surface area (Å²) < 4.78 is 0. The van der Waals surface area contributed by atoms with Crippen molar-refractivity contribution in [3.63, 3.8) is 0 Å². The van der Waals surface area contributed by atoms with Crippen LogP contribution in [0, 0.1) is 11.3 Å². The molecule has 0 aliphatic rings. The molecule has 0 heterocycles. The molecular weight excluding hydrogens is 366 g/mol. The molecule has 2 atom stereocenters. The van der Waals surface area contributed by atoms with Gasteiger partial charge in [-0.1, -0.05) is 13.8 Å². The molecule has 0 bridgehead atoms. The van der Waals surface area contributed by atoms with Gasteiger partial charge in [0.25, 0.3) is 0 Å². The standard InChI is InChI=1S/C17H33N7O4/c1-9(2)12(13(18)26)23-14(27)11(7-6-8-21-16(19)20)22-15(28)17(4,5)24-10(3)25/h9,11-12H,6-8H2,1-5H3,(H2,18,26)(H,22,28)(H,23,27)(H,24,25)(H4,19,20,21)/t11-,12-/m0/s1. The van der Waals surface area contributed by atoms with E-state index < -0.39 is 35.3 Å². The fourth-order valence-corrected chi connectivity index (χ4v) is 2.45. The van der Waals surface area contributed by atoms with Crippen LogP contribution in [-0.2, 0) is 19.2 Å². The lowest BCUT2D eigenvalue weighted by molar-refractivity contribution is -0.135. The minimum Gasteiger partial charge on any atom is -0.370 e. The Morgan fingerprint density at radius 2 is 1.64 bits per heavy atom. The monoisotopic (exact) mass is 399 g/mol. The minimum absolute atomic E-state index is 0.203. The van der Waals surface area contributed by atoms with Crippen molar-refractivity contribution in [1.82, 2.24) is 21.3 Å². The summed E-state index contributed by atoms with van der Waals surface area (Å²) in [5, 5.41) is 17.4. The SMILES string of the molecule is CC(=O)NC(C)(C)C(=O)N[C@@H](CCCNC(=N)N)C(=O)N[C@H](C(N)=O)C(C)C. The van der Waals surface area contributed by atoms with E-state index in [0.717, 1.165) is 0 Å². The fraction of sp³-hybridized carbons (Fsp3) is 0.706. The molecule has 28 heavy (non-hydrogen) atoms. The molecule has 0 rings (SSSR count). The van der Waals surface area contributed by atoms with Crippen LogP contribution in [0.4, 0.5) is 0 Å². The van der Waals surface area contributed by atoms with Gasteiger partial charge in [0.2, 0.25) is 23.6 Å². The Bertz CT molecular complexity index is 604. The molecule has 4 amide bonds. The molecular formula is C17H33N7O4. The summed E-state index contributed by atoms with van der Waals surface area (Å²) in [5.41, 5.74) is 9.31. The lowest BCUT2D eigenvalue weighted by Gasteiger charge is -2.29. The lowest BCUT2D eigenvalue weighted by atomic mass is 10.0. The van der Waals surface area contributed by atoms with Crippen LogP contribution in [0.2, 0.25) is 0 Å². The number of hydrogen-bond donors (Lipinski definition) is 7. The van der Waals surface area contributed by atoms with Crippen LogP contribution in [0.5, 0.6) is 0 Å². The molecule has 160 valence electrons. The summed E-state index contributed by atoms with van der Waals surface area (Å²) in [6.45, 7) is 8.10. The number of hydrogen-bond acceptors (Lipinski definition) is 5. The predicted molar refractivity (Wildman–Crippen MR) is 105 cm³/mol. The van der Waals surface area contributed by atoms with Crippen LogP contribution in [0.3, 0.4) is 0 Å². The van der Waals surface area contributed by atoms with Gasteiger partial charge in [0, 0.05) is 13.5 Å². The highest BCUT2D eigenvalue weighted by molar-refractivity contribution is 5.95. The van der Waals surface area contributed by atoms with E-state index in [-0.39, 0.29) is 24.2 Å². The van der Waals surface area contributed by atoms with Crippen molar-refractivity contribution in [2.45, 2.75) is 65.1 Å². The molecule has 0 saturated heterocycles. The van der Waals surface area contributed by atoms with Crippen molar-refractivity contribution >= 4 is 29.6 Å². The van der Waals surface area contributed by atoms with E-state index in [9.17, 15) is 19.2 Å². The van der Waals surface area contributed by atoms with Gasteiger partial charge in [-0.15, -0.1) is 0 Å². The van der Waals surface area contributed by atoms with Gasteiger partial charge in [0.15, 0.2) is 5.96 Å². The van der Waals surface area contributed by atoms with Crippen molar-refractivity contribution in [2.75, 3.05) is 6.54 Å². The van der Waals surface area contributed by atoms with E-state index in [0.29, 0.717) is 13.0 Å². The third-order valence-electron chi connectivity index (χ3n) is 3.93. The molecule has 11 nitrogen and oxygen atoms in total. The first kappa shape index (κ1) is 25.1. The largest absolute Gasteiger partial charge is 0.370 e. The molecule has 0 radical (unpaired) electrons. The van der Waals surface area contributed by atoms with E-state index in [1.165, 1.54) is 20.8 Å². The fourth-order valence-electron chi connectivity index (χ4n) is 2.45. The van der Waals surface area contributed by atoms with Crippen LogP contribution in [0.15, 0.2) is 0 Å². The second-order valence-corrected chi connectivity index (χ2v) is 7.45. The van der Waals surface area contributed by atoms with Crippen LogP contribution >= 0.6 is 0 Å². The number of carbonyl (C=O) groups is 4. The number of amides is 4. The molecule has 0 saturated carbocycles. The molecule has 0 aromatic rings. The summed E-state index contributed by atoms with van der Waals surface area (Å²) >= 11 is 0. The normalized spacial score (nSPS) is 13.2. The number of carbonyl (C=O) groups excluding carboxylic acids is 4. The van der Waals surface area contributed by atoms with Crippen molar-refractivity contribution in [3.05, 3.63) is 0 Å². The lowest BCUT2D eigenvalue weighted by Crippen LogP contribution is -2.60. The first-order valence-corrected chi connectivity index (χ1v) is 9.05. The minimum atomic E-state index is -1.23. The summed E-state index contributed by atoms with van der Waals surface area (Å²) in [5.74, 6) is -2.61. The highest BCUT2D eigenvalue weighted by Crippen LogP contribution is 2.07. The zero-order valence-electron chi connectivity index (χ0n) is 17.1. The number of guanidine groups is 1. The second kappa shape index (κ2) is 11.1. The van der Waals surface area contributed by atoms with Gasteiger partial charge in [-0.3, -0.25) is 24.6 Å². The number of rotatable bonds is 11. The highest BCUT2D eigenvalue weighted by atomic mass is 16.2. The maximum atomic E-state index is 12.7. The molecule has 0 unspecified atom stereocenters. The van der Waals surface area contributed by atoms with Crippen LogP contribution < -0.4 is 32.7 Å². The Labute approximate surface area is 165 Å². The number of primary amides is 1. The quantitative estimate of drug-likeness (QED) is 0.123. The molecule has 0 spiro atoms. The first-order valence-electron chi connectivity index (χ1n) is 9.05. The van der Waals surface area contributed by atoms with Gasteiger partial charge >= 0.3 is 0 Å². The highest BCUT2D eigenvalue weighted by Gasteiger charge is 2.33. The smallest absolute Gasteiger partial charge is 0.245 e. The van der Waals surface area contributed by atoms with Crippen LogP contribution in [0.1, 0.15) is 47.5 Å². The zero-order chi connectivity index (χ0) is 22.1. The molecule has 9 N–H and O–H groups in total. The summed E-state index contributed by atoms with van der Waals surface area (Å²) in [4.78, 5) is 48.1. The van der Waals surface area contributed by atoms with E-state index >= 15 is 0 Å². The maximum Gasteiger partial charge on any atom is 0.245 e. The van der Waals surface area contributed by atoms with Crippen molar-refractivity contribution in [2.24, 2.45) is 17.4 Å². The van der Waals surface area contributed by atoms with Crippen molar-refractivity contribution < 1.29 is 19.2 Å². The van der Waals surface area contributed by atoms with Crippen LogP contribution in [0.25, 0.3) is 0 Å². The van der Waals surface area contributed by atoms with Gasteiger partial charge in [0.05, 0.1) is 0 Å². The second-order valence-electron chi connectivity index (χ2n) is 7.45. The van der Waals surface area contributed by atoms with Crippen LogP contribution in [-0.4, -0.2) is 53.8 Å². The van der Waals surface area contributed by atoms with Gasteiger partial charge in [-0.05, 0) is 32.6 Å². The van der Waals surface area contributed by atoms with Crippen molar-refractivity contribution in [3.8, 4) is 0 Å². The summed E-state index contributed by atoms with van der Waals surface area (Å²) in [7, 11) is 0. The Kier molecular flexibility index (Phi) is 9.97. The molecule has 0 aromatic carbocycles. The van der Waals surface area contributed by atoms with Gasteiger partial charge in [-0.2, -0.15) is 0 Å². The average molecular weight is 399 g/mol. The number of nitrogens with two attached hydrogens (primary N) is 2. The first-order chi connectivity index (χ1) is 12.8. The predicted octanol–water partition coefficient (Wildman–Crippen LogP) is -1.72. The summed E-state index contributed by atoms with van der Waals surface area (Å²) in [6.07, 6.45) is 0.638. The van der Waals surface area contributed by atoms with Gasteiger partial charge in [0.1, 0.15) is 17.6 Å². The van der Waals surface area contributed by atoms with Gasteiger partial charge in [-0.25, -0.2) is 0 Å². The average Bonchev–Trinajstić information content (AvgIpc) is 2.52. The maximum absolute atomic E-state index is 12.7. The zero-order valence-corrected chi connectivity index (χ0v) is 17.1. The molecule has 0 fully saturated rings. The van der Waals surface area contributed by atoms with Crippen molar-refractivity contribution in [1.29, 1.82) is 5.41 Å². The molecule has 0 aromatic heterocycles. The molecule has 0 aliphatic heterocycles. The molecule has 0 aliphatic carbocycles. The third kappa shape index (κ3) is 9.19.